The Bertz CT molecular complexity index is 213. The van der Waals surface area contributed by atoms with Crippen LogP contribution in [0, 0.1) is 17.8 Å². The first-order chi connectivity index (χ1) is 7.14. The van der Waals surface area contributed by atoms with Gasteiger partial charge in [0.2, 0.25) is 0 Å². The van der Waals surface area contributed by atoms with Gasteiger partial charge in [-0.25, -0.2) is 0 Å². The molecule has 0 radical (unpaired) electrons. The molecule has 0 bridgehead atoms. The molecule has 0 aromatic carbocycles. The van der Waals surface area contributed by atoms with E-state index >= 15 is 0 Å². The van der Waals surface area contributed by atoms with Gasteiger partial charge >= 0.3 is 0 Å². The van der Waals surface area contributed by atoms with E-state index in [1.54, 1.807) is 0 Å². The molecule has 0 aromatic rings. The van der Waals surface area contributed by atoms with Gasteiger partial charge < -0.3 is 5.11 Å². The molecule has 15 heavy (non-hydrogen) atoms. The Balaban J connectivity index is 1.96. The topological polar surface area (TPSA) is 20.2 Å². The van der Waals surface area contributed by atoms with E-state index in [9.17, 15) is 5.11 Å². The van der Waals surface area contributed by atoms with Gasteiger partial charge in [-0.1, -0.05) is 33.1 Å². The molecule has 88 valence electrons. The summed E-state index contributed by atoms with van der Waals surface area (Å²) in [6, 6.07) is 0. The second kappa shape index (κ2) is 4.45. The molecule has 4 atom stereocenters. The molecule has 1 heteroatoms. The second-order valence-corrected chi connectivity index (χ2v) is 6.09. The Labute approximate surface area is 94.3 Å². The van der Waals surface area contributed by atoms with Gasteiger partial charge in [0.15, 0.2) is 0 Å². The van der Waals surface area contributed by atoms with Crippen LogP contribution in [0.15, 0.2) is 0 Å². The molecular formula is C14H26O. The van der Waals surface area contributed by atoms with E-state index in [-0.39, 0.29) is 5.60 Å². The summed E-state index contributed by atoms with van der Waals surface area (Å²) in [4.78, 5) is 0. The summed E-state index contributed by atoms with van der Waals surface area (Å²) in [7, 11) is 0. The van der Waals surface area contributed by atoms with Crippen molar-refractivity contribution >= 4 is 0 Å². The molecule has 0 aromatic heterocycles. The molecule has 1 nitrogen and oxygen atoms in total. The molecule has 2 aliphatic rings. The van der Waals surface area contributed by atoms with Crippen molar-refractivity contribution in [1.82, 2.24) is 0 Å². The predicted molar refractivity (Wildman–Crippen MR) is 63.7 cm³/mol. The van der Waals surface area contributed by atoms with E-state index in [1.165, 1.54) is 38.5 Å². The number of rotatable bonds is 2. The van der Waals surface area contributed by atoms with Gasteiger partial charge in [-0.2, -0.15) is 0 Å². The zero-order valence-corrected chi connectivity index (χ0v) is 10.3. The van der Waals surface area contributed by atoms with Crippen LogP contribution in [0.4, 0.5) is 0 Å². The maximum atomic E-state index is 10.7. The van der Waals surface area contributed by atoms with Crippen LogP contribution in [0.3, 0.4) is 0 Å². The highest BCUT2D eigenvalue weighted by Crippen LogP contribution is 2.46. The van der Waals surface area contributed by atoms with E-state index in [0.717, 1.165) is 24.7 Å². The Morgan fingerprint density at radius 3 is 2.67 bits per heavy atom. The fourth-order valence-corrected chi connectivity index (χ4v) is 3.80. The number of hydrogen-bond acceptors (Lipinski definition) is 1. The summed E-state index contributed by atoms with van der Waals surface area (Å²) in [5, 5.41) is 10.7. The maximum absolute atomic E-state index is 10.7. The fraction of sp³-hybridized carbons (Fsp3) is 1.00. The Kier molecular flexibility index (Phi) is 3.39. The minimum atomic E-state index is -0.282. The summed E-state index contributed by atoms with van der Waals surface area (Å²) in [5.41, 5.74) is -0.282. The van der Waals surface area contributed by atoms with Crippen molar-refractivity contribution in [3.63, 3.8) is 0 Å². The second-order valence-electron chi connectivity index (χ2n) is 6.09. The van der Waals surface area contributed by atoms with Gasteiger partial charge in [0.25, 0.3) is 0 Å². The monoisotopic (exact) mass is 210 g/mol. The average molecular weight is 210 g/mol. The van der Waals surface area contributed by atoms with Crippen LogP contribution in [0.5, 0.6) is 0 Å². The summed E-state index contributed by atoms with van der Waals surface area (Å²) in [5.74, 6) is 2.25. The van der Waals surface area contributed by atoms with Crippen LogP contribution in [-0.4, -0.2) is 10.7 Å². The lowest BCUT2D eigenvalue weighted by molar-refractivity contribution is -0.0373. The van der Waals surface area contributed by atoms with Gasteiger partial charge in [-0.3, -0.25) is 0 Å². The molecule has 2 aliphatic carbocycles. The first-order valence-corrected chi connectivity index (χ1v) is 6.86. The van der Waals surface area contributed by atoms with Crippen molar-refractivity contribution < 1.29 is 5.11 Å². The van der Waals surface area contributed by atoms with Crippen molar-refractivity contribution in [3.05, 3.63) is 0 Å². The van der Waals surface area contributed by atoms with E-state index in [2.05, 4.69) is 13.8 Å². The summed E-state index contributed by atoms with van der Waals surface area (Å²) >= 11 is 0. The lowest BCUT2D eigenvalue weighted by atomic mass is 9.72. The van der Waals surface area contributed by atoms with E-state index in [4.69, 9.17) is 0 Å². The summed E-state index contributed by atoms with van der Waals surface area (Å²) in [6.45, 7) is 4.61. The molecule has 0 heterocycles. The van der Waals surface area contributed by atoms with Crippen molar-refractivity contribution in [3.8, 4) is 0 Å². The fourth-order valence-electron chi connectivity index (χ4n) is 3.80. The molecule has 1 N–H and O–H groups in total. The first kappa shape index (κ1) is 11.4. The van der Waals surface area contributed by atoms with Crippen LogP contribution in [0.1, 0.15) is 65.2 Å². The largest absolute Gasteiger partial charge is 0.390 e. The minimum Gasteiger partial charge on any atom is -0.390 e. The van der Waals surface area contributed by atoms with Crippen molar-refractivity contribution in [2.24, 2.45) is 17.8 Å². The molecule has 4 unspecified atom stereocenters. The molecule has 0 spiro atoms. The third-order valence-corrected chi connectivity index (χ3v) is 4.90. The lowest BCUT2D eigenvalue weighted by Gasteiger charge is -2.38. The zero-order valence-electron chi connectivity index (χ0n) is 10.3. The first-order valence-electron chi connectivity index (χ1n) is 6.86. The molecule has 2 fully saturated rings. The molecule has 0 saturated heterocycles. The van der Waals surface area contributed by atoms with Crippen LogP contribution < -0.4 is 0 Å². The van der Waals surface area contributed by atoms with Crippen LogP contribution >= 0.6 is 0 Å². The standard InChI is InChI=1S/C14H26O/c1-3-12-7-8-14(15,10-12)13-6-4-5-11(2)9-13/h11-13,15H,3-10H2,1-2H3. The molecular weight excluding hydrogens is 184 g/mol. The summed E-state index contributed by atoms with van der Waals surface area (Å²) in [6.07, 6.45) is 9.94. The van der Waals surface area contributed by atoms with Gasteiger partial charge in [0.05, 0.1) is 5.60 Å². The number of aliphatic hydroxyl groups is 1. The predicted octanol–water partition coefficient (Wildman–Crippen LogP) is 3.75. The highest BCUT2D eigenvalue weighted by Gasteiger charge is 2.43. The average Bonchev–Trinajstić information content (AvgIpc) is 2.62. The van der Waals surface area contributed by atoms with E-state index < -0.39 is 0 Å². The Hall–Kier alpha value is -0.0400. The van der Waals surface area contributed by atoms with Crippen LogP contribution in [-0.2, 0) is 0 Å². The normalized spacial score (nSPS) is 47.0. The smallest absolute Gasteiger partial charge is 0.0678 e. The van der Waals surface area contributed by atoms with Gasteiger partial charge in [0.1, 0.15) is 0 Å². The van der Waals surface area contributed by atoms with Gasteiger partial charge in [0, 0.05) is 0 Å². The number of hydrogen-bond donors (Lipinski definition) is 1. The quantitative estimate of drug-likeness (QED) is 0.736. The highest BCUT2D eigenvalue weighted by atomic mass is 16.3. The zero-order chi connectivity index (χ0) is 10.9. The van der Waals surface area contributed by atoms with E-state index in [0.29, 0.717) is 5.92 Å². The van der Waals surface area contributed by atoms with Crippen molar-refractivity contribution in [2.45, 2.75) is 70.8 Å². The van der Waals surface area contributed by atoms with Crippen LogP contribution in [0.25, 0.3) is 0 Å². The Morgan fingerprint density at radius 2 is 2.07 bits per heavy atom. The highest BCUT2D eigenvalue weighted by molar-refractivity contribution is 4.95. The third-order valence-electron chi connectivity index (χ3n) is 4.90. The van der Waals surface area contributed by atoms with Gasteiger partial charge in [-0.05, 0) is 49.9 Å². The van der Waals surface area contributed by atoms with E-state index in [1.807, 2.05) is 0 Å². The van der Waals surface area contributed by atoms with Crippen molar-refractivity contribution in [1.29, 1.82) is 0 Å². The van der Waals surface area contributed by atoms with Crippen LogP contribution in [0.2, 0.25) is 0 Å². The molecule has 0 aliphatic heterocycles. The Morgan fingerprint density at radius 1 is 1.27 bits per heavy atom. The SMILES string of the molecule is CCC1CCC(O)(C2CCCC(C)C2)C1. The summed E-state index contributed by atoms with van der Waals surface area (Å²) < 4.78 is 0. The lowest BCUT2D eigenvalue weighted by Crippen LogP contribution is -2.38. The van der Waals surface area contributed by atoms with Crippen molar-refractivity contribution in [2.75, 3.05) is 0 Å². The molecule has 0 amide bonds. The minimum absolute atomic E-state index is 0.282. The third kappa shape index (κ3) is 2.38. The molecule has 2 rings (SSSR count). The maximum Gasteiger partial charge on any atom is 0.0678 e. The van der Waals surface area contributed by atoms with Gasteiger partial charge in [-0.15, -0.1) is 0 Å². The molecule has 2 saturated carbocycles.